The first-order chi connectivity index (χ1) is 7.15. The van der Waals surface area contributed by atoms with Crippen LogP contribution >= 0.6 is 15.9 Å². The van der Waals surface area contributed by atoms with Crippen molar-refractivity contribution in [1.29, 1.82) is 0 Å². The lowest BCUT2D eigenvalue weighted by molar-refractivity contribution is 0.696. The van der Waals surface area contributed by atoms with E-state index in [0.29, 0.717) is 0 Å². The van der Waals surface area contributed by atoms with E-state index < -0.39 is 0 Å². The number of rotatable bonds is 4. The molecule has 0 spiro atoms. The lowest BCUT2D eigenvalue weighted by Crippen LogP contribution is -2.02. The van der Waals surface area contributed by atoms with Gasteiger partial charge in [0.2, 0.25) is 0 Å². The van der Waals surface area contributed by atoms with Crippen LogP contribution in [0.1, 0.15) is 36.0 Å². The number of hydrogen-bond donors (Lipinski definition) is 0. The summed E-state index contributed by atoms with van der Waals surface area (Å²) in [4.78, 5) is 0.748. The third-order valence-electron chi connectivity index (χ3n) is 3.12. The van der Waals surface area contributed by atoms with E-state index in [-0.39, 0.29) is 0 Å². The van der Waals surface area contributed by atoms with Crippen LogP contribution in [0.4, 0.5) is 0 Å². The van der Waals surface area contributed by atoms with Crippen molar-refractivity contribution in [2.45, 2.75) is 44.4 Å². The number of aryl methyl sites for hydroxylation is 3. The fraction of sp³-hybridized carbons (Fsp3) is 0.571. The molecule has 2 rings (SSSR count). The van der Waals surface area contributed by atoms with Crippen LogP contribution in [0.25, 0.3) is 0 Å². The molecule has 0 aromatic heterocycles. The van der Waals surface area contributed by atoms with Gasteiger partial charge in [-0.25, -0.2) is 0 Å². The second-order valence-electron chi connectivity index (χ2n) is 4.89. The summed E-state index contributed by atoms with van der Waals surface area (Å²) >= 11 is 3.80. The fourth-order valence-corrected chi connectivity index (χ4v) is 2.97. The van der Waals surface area contributed by atoms with E-state index >= 15 is 0 Å². The molecule has 0 nitrogen and oxygen atoms in total. The highest BCUT2D eigenvalue weighted by Gasteiger charge is 2.28. The highest BCUT2D eigenvalue weighted by molar-refractivity contribution is 9.09. The summed E-state index contributed by atoms with van der Waals surface area (Å²) in [5.41, 5.74) is 4.28. The van der Waals surface area contributed by atoms with Crippen LogP contribution in [-0.2, 0) is 6.42 Å². The maximum Gasteiger partial charge on any atom is 0.0177 e. The molecule has 0 heterocycles. The molecule has 1 aromatic rings. The first kappa shape index (κ1) is 11.2. The van der Waals surface area contributed by atoms with Crippen molar-refractivity contribution in [1.82, 2.24) is 0 Å². The summed E-state index contributed by atoms with van der Waals surface area (Å²) in [6.45, 7) is 4.37. The zero-order valence-electron chi connectivity index (χ0n) is 9.59. The van der Waals surface area contributed by atoms with Gasteiger partial charge in [-0.15, -0.1) is 0 Å². The van der Waals surface area contributed by atoms with Gasteiger partial charge >= 0.3 is 0 Å². The largest absolute Gasteiger partial charge is 0.0888 e. The summed E-state index contributed by atoms with van der Waals surface area (Å²) in [7, 11) is 0. The van der Waals surface area contributed by atoms with Crippen LogP contribution in [0.2, 0.25) is 0 Å². The zero-order chi connectivity index (χ0) is 10.8. The molecule has 1 aliphatic carbocycles. The van der Waals surface area contributed by atoms with Gasteiger partial charge in [0.1, 0.15) is 0 Å². The Morgan fingerprint density at radius 2 is 1.80 bits per heavy atom. The molecule has 1 unspecified atom stereocenters. The second-order valence-corrected chi connectivity index (χ2v) is 6.06. The molecule has 0 bridgehead atoms. The zero-order valence-corrected chi connectivity index (χ0v) is 11.2. The topological polar surface area (TPSA) is 0 Å². The number of benzene rings is 1. The molecule has 1 aromatic carbocycles. The van der Waals surface area contributed by atoms with Crippen molar-refractivity contribution < 1.29 is 0 Å². The quantitative estimate of drug-likeness (QED) is 0.709. The molecule has 0 saturated heterocycles. The minimum Gasteiger partial charge on any atom is -0.0888 e. The summed E-state index contributed by atoms with van der Waals surface area (Å²) < 4.78 is 0. The van der Waals surface area contributed by atoms with Crippen molar-refractivity contribution in [2.24, 2.45) is 5.92 Å². The first-order valence-corrected chi connectivity index (χ1v) is 6.78. The molecule has 82 valence electrons. The molecule has 0 aliphatic heterocycles. The van der Waals surface area contributed by atoms with Crippen molar-refractivity contribution >= 4 is 15.9 Å². The first-order valence-electron chi connectivity index (χ1n) is 5.86. The lowest BCUT2D eigenvalue weighted by Gasteiger charge is -2.09. The molecule has 0 amide bonds. The van der Waals surface area contributed by atoms with Crippen LogP contribution in [0, 0.1) is 19.8 Å². The van der Waals surface area contributed by atoms with Crippen LogP contribution in [0.5, 0.6) is 0 Å². The summed E-state index contributed by atoms with van der Waals surface area (Å²) in [6.07, 6.45) is 5.37. The molecule has 0 N–H and O–H groups in total. The Bertz CT molecular complexity index is 319. The highest BCUT2D eigenvalue weighted by atomic mass is 79.9. The van der Waals surface area contributed by atoms with Crippen molar-refractivity contribution in [3.63, 3.8) is 0 Å². The van der Waals surface area contributed by atoms with E-state index in [1.54, 1.807) is 0 Å². The second kappa shape index (κ2) is 4.69. The number of halogens is 1. The van der Waals surface area contributed by atoms with Gasteiger partial charge in [-0.1, -0.05) is 45.3 Å². The minimum absolute atomic E-state index is 0.748. The SMILES string of the molecule is Cc1cc(C)cc(CCC(Br)C2CC2)c1. The van der Waals surface area contributed by atoms with Crippen molar-refractivity contribution in [2.75, 3.05) is 0 Å². The Hall–Kier alpha value is -0.300. The molecule has 1 fully saturated rings. The normalized spacial score (nSPS) is 17.8. The molecule has 1 atom stereocenters. The predicted octanol–water partition coefficient (Wildman–Crippen LogP) is 4.41. The van der Waals surface area contributed by atoms with Gasteiger partial charge < -0.3 is 0 Å². The average molecular weight is 267 g/mol. The third kappa shape index (κ3) is 3.34. The smallest absolute Gasteiger partial charge is 0.0177 e. The van der Waals surface area contributed by atoms with Crippen LogP contribution in [0.3, 0.4) is 0 Å². The van der Waals surface area contributed by atoms with Crippen LogP contribution < -0.4 is 0 Å². The van der Waals surface area contributed by atoms with Gasteiger partial charge in [-0.2, -0.15) is 0 Å². The van der Waals surface area contributed by atoms with Gasteiger partial charge in [-0.3, -0.25) is 0 Å². The standard InChI is InChI=1S/C14H19Br/c1-10-7-11(2)9-12(8-10)3-6-14(15)13-4-5-13/h7-9,13-14H,3-6H2,1-2H3. The van der Waals surface area contributed by atoms with E-state index in [2.05, 4.69) is 48.0 Å². The number of hydrogen-bond acceptors (Lipinski definition) is 0. The summed E-state index contributed by atoms with van der Waals surface area (Å²) in [5.74, 6) is 0.968. The molecule has 0 radical (unpaired) electrons. The van der Waals surface area contributed by atoms with Gasteiger partial charge in [0.15, 0.2) is 0 Å². The van der Waals surface area contributed by atoms with Crippen molar-refractivity contribution in [3.8, 4) is 0 Å². The van der Waals surface area contributed by atoms with Gasteiger partial charge in [0.05, 0.1) is 0 Å². The molecule has 1 heteroatoms. The predicted molar refractivity (Wildman–Crippen MR) is 69.7 cm³/mol. The van der Waals surface area contributed by atoms with E-state index in [4.69, 9.17) is 0 Å². The molecular weight excluding hydrogens is 248 g/mol. The summed E-state index contributed by atoms with van der Waals surface area (Å²) in [5, 5.41) is 0. The molecule has 1 aliphatic rings. The average Bonchev–Trinajstić information content (AvgIpc) is 2.95. The van der Waals surface area contributed by atoms with Gasteiger partial charge in [0, 0.05) is 4.83 Å². The third-order valence-corrected chi connectivity index (χ3v) is 4.33. The highest BCUT2D eigenvalue weighted by Crippen LogP contribution is 2.38. The van der Waals surface area contributed by atoms with E-state index in [1.807, 2.05) is 0 Å². The Kier molecular flexibility index (Phi) is 3.50. The Labute approximate surface area is 101 Å². The Morgan fingerprint density at radius 1 is 1.20 bits per heavy atom. The maximum absolute atomic E-state index is 3.80. The fourth-order valence-electron chi connectivity index (χ4n) is 2.21. The Balaban J connectivity index is 1.91. The van der Waals surface area contributed by atoms with Gasteiger partial charge in [-0.05, 0) is 51.0 Å². The molecular formula is C14H19Br. The molecule has 1 saturated carbocycles. The van der Waals surface area contributed by atoms with Gasteiger partial charge in [0.25, 0.3) is 0 Å². The summed E-state index contributed by atoms with van der Waals surface area (Å²) in [6, 6.07) is 6.88. The number of alkyl halides is 1. The Morgan fingerprint density at radius 3 is 2.33 bits per heavy atom. The van der Waals surface area contributed by atoms with E-state index in [9.17, 15) is 0 Å². The molecule has 15 heavy (non-hydrogen) atoms. The van der Waals surface area contributed by atoms with Crippen molar-refractivity contribution in [3.05, 3.63) is 34.9 Å². The minimum atomic E-state index is 0.748. The van der Waals surface area contributed by atoms with Crippen LogP contribution in [-0.4, -0.2) is 4.83 Å². The van der Waals surface area contributed by atoms with E-state index in [1.165, 1.54) is 42.4 Å². The van der Waals surface area contributed by atoms with E-state index in [0.717, 1.165) is 10.7 Å². The maximum atomic E-state index is 3.80. The lowest BCUT2D eigenvalue weighted by atomic mass is 10.0. The van der Waals surface area contributed by atoms with Crippen LogP contribution in [0.15, 0.2) is 18.2 Å². The monoisotopic (exact) mass is 266 g/mol.